The number of allylic oxidation sites excluding steroid dienone is 1. The third-order valence-electron chi connectivity index (χ3n) is 5.03. The Balaban J connectivity index is 1.39. The first-order valence-electron chi connectivity index (χ1n) is 8.76. The molecule has 9 heteroatoms. The number of hydrogen-bond acceptors (Lipinski definition) is 5. The zero-order valence-corrected chi connectivity index (χ0v) is 14.5. The molecule has 144 valence electrons. The third kappa shape index (κ3) is 3.59. The highest BCUT2D eigenvalue weighted by Crippen LogP contribution is 2.33. The number of aliphatic imine (C=N–C) groups is 1. The highest BCUT2D eigenvalue weighted by Gasteiger charge is 2.35. The van der Waals surface area contributed by atoms with Gasteiger partial charge < -0.3 is 20.5 Å². The summed E-state index contributed by atoms with van der Waals surface area (Å²) in [5.41, 5.74) is 9.04. The minimum absolute atomic E-state index is 0.209. The van der Waals surface area contributed by atoms with Gasteiger partial charge in [0.1, 0.15) is 11.6 Å². The van der Waals surface area contributed by atoms with Gasteiger partial charge in [0.15, 0.2) is 0 Å². The Morgan fingerprint density at radius 1 is 1.26 bits per heavy atom. The molecule has 2 aliphatic heterocycles. The highest BCUT2D eigenvalue weighted by atomic mass is 19.4. The number of halogens is 3. The van der Waals surface area contributed by atoms with Gasteiger partial charge in [0.25, 0.3) is 0 Å². The predicted octanol–water partition coefficient (Wildman–Crippen LogP) is 3.43. The van der Waals surface area contributed by atoms with Crippen LogP contribution in [0.5, 0.6) is 0 Å². The van der Waals surface area contributed by atoms with Crippen molar-refractivity contribution >= 4 is 17.9 Å². The van der Waals surface area contributed by atoms with E-state index in [0.717, 1.165) is 54.8 Å². The molecule has 1 fully saturated rings. The molecule has 0 saturated carbocycles. The lowest BCUT2D eigenvalue weighted by molar-refractivity contribution is -0.153. The molecule has 0 radical (unpaired) electrons. The minimum atomic E-state index is -4.45. The molecule has 4 N–H and O–H groups in total. The van der Waals surface area contributed by atoms with Crippen molar-refractivity contribution in [3.8, 4) is 0 Å². The van der Waals surface area contributed by atoms with Crippen molar-refractivity contribution in [1.29, 1.82) is 0 Å². The minimum Gasteiger partial charge on any atom is -0.455 e. The largest absolute Gasteiger partial charge is 0.455 e. The zero-order chi connectivity index (χ0) is 19.0. The Labute approximate surface area is 153 Å². The topological polar surface area (TPSA) is 82.6 Å². The van der Waals surface area contributed by atoms with Gasteiger partial charge >= 0.3 is 6.18 Å². The van der Waals surface area contributed by atoms with Gasteiger partial charge in [-0.1, -0.05) is 0 Å². The van der Waals surface area contributed by atoms with Crippen LogP contribution in [0.3, 0.4) is 0 Å². The number of piperidine rings is 1. The number of nitrogens with one attached hydrogen (secondary N) is 2. The number of nitrogens with zero attached hydrogens (tertiary/aromatic N) is 2. The van der Waals surface area contributed by atoms with Gasteiger partial charge in [-0.2, -0.15) is 13.2 Å². The van der Waals surface area contributed by atoms with Crippen molar-refractivity contribution in [3.05, 3.63) is 47.2 Å². The first-order chi connectivity index (χ1) is 12.9. The number of fused-ring (bicyclic) bond motifs is 1. The van der Waals surface area contributed by atoms with E-state index in [4.69, 9.17) is 10.2 Å². The molecule has 0 atom stereocenters. The second-order valence-electron chi connectivity index (χ2n) is 6.79. The van der Waals surface area contributed by atoms with E-state index in [1.807, 2.05) is 12.3 Å². The average Bonchev–Trinajstić information content (AvgIpc) is 3.30. The number of rotatable bonds is 3. The van der Waals surface area contributed by atoms with Gasteiger partial charge in [0, 0.05) is 23.4 Å². The van der Waals surface area contributed by atoms with Gasteiger partial charge in [-0.25, -0.2) is 4.99 Å². The van der Waals surface area contributed by atoms with Crippen LogP contribution in [-0.4, -0.2) is 29.3 Å². The molecule has 0 amide bonds. The summed E-state index contributed by atoms with van der Waals surface area (Å²) in [4.78, 5) is 9.38. The Bertz CT molecular complexity index is 872. The summed E-state index contributed by atoms with van der Waals surface area (Å²) in [6, 6.07) is 4.31. The first-order valence-corrected chi connectivity index (χ1v) is 8.76. The van der Waals surface area contributed by atoms with Crippen LogP contribution in [0, 0.1) is 5.92 Å². The maximum Gasteiger partial charge on any atom is 0.449 e. The van der Waals surface area contributed by atoms with E-state index in [1.165, 1.54) is 6.07 Å². The fourth-order valence-electron chi connectivity index (χ4n) is 3.59. The Kier molecular flexibility index (Phi) is 4.47. The Morgan fingerprint density at radius 3 is 2.74 bits per heavy atom. The average molecular weight is 379 g/mol. The van der Waals surface area contributed by atoms with Crippen molar-refractivity contribution in [3.63, 3.8) is 0 Å². The van der Waals surface area contributed by atoms with Crippen LogP contribution in [0.25, 0.3) is 5.70 Å². The molecule has 27 heavy (non-hydrogen) atoms. The van der Waals surface area contributed by atoms with E-state index in [0.29, 0.717) is 12.3 Å². The summed E-state index contributed by atoms with van der Waals surface area (Å²) in [6.07, 6.45) is 0.662. The number of likely N-dealkylation sites (tertiary alicyclic amines) is 1. The van der Waals surface area contributed by atoms with Crippen LogP contribution in [0.15, 0.2) is 39.5 Å². The summed E-state index contributed by atoms with van der Waals surface area (Å²) in [5.74, 6) is 0.366. The predicted molar refractivity (Wildman–Crippen MR) is 94.9 cm³/mol. The summed E-state index contributed by atoms with van der Waals surface area (Å²) in [5, 5.41) is 3.13. The second kappa shape index (κ2) is 6.80. The van der Waals surface area contributed by atoms with Gasteiger partial charge in [0.2, 0.25) is 5.76 Å². The normalized spacial score (nSPS) is 20.4. The molecule has 0 unspecified atom stereocenters. The fraction of sp³-hybridized carbons (Fsp3) is 0.389. The van der Waals surface area contributed by atoms with Crippen LogP contribution < -0.4 is 11.1 Å². The molecule has 2 aromatic rings. The molecule has 2 aromatic heterocycles. The molecular formula is C18H20F3N5O. The maximum absolute atomic E-state index is 12.6. The molecule has 4 rings (SSSR count). The monoisotopic (exact) mass is 379 g/mol. The van der Waals surface area contributed by atoms with Crippen LogP contribution in [0.1, 0.15) is 29.9 Å². The van der Waals surface area contributed by atoms with Crippen LogP contribution >= 0.6 is 0 Å². The second-order valence-corrected chi connectivity index (χ2v) is 6.79. The number of aromatic nitrogens is 1. The van der Waals surface area contributed by atoms with Crippen molar-refractivity contribution < 1.29 is 17.6 Å². The molecule has 0 aromatic carbocycles. The number of alkyl halides is 3. The molecular weight excluding hydrogens is 359 g/mol. The SMILES string of the molecule is N/C(=C1\NC=Nc2[nH]ccc21)C1CCN(Cc2ccc(C(F)(F)F)o2)CC1. The van der Waals surface area contributed by atoms with E-state index in [9.17, 15) is 13.2 Å². The number of hydrogen-bond donors (Lipinski definition) is 3. The number of aromatic amines is 1. The summed E-state index contributed by atoms with van der Waals surface area (Å²) >= 11 is 0. The number of H-pyrrole nitrogens is 1. The number of nitrogens with two attached hydrogens (primary N) is 1. The molecule has 2 aliphatic rings. The summed E-state index contributed by atoms with van der Waals surface area (Å²) < 4.78 is 42.8. The molecule has 1 saturated heterocycles. The Hall–Kier alpha value is -2.68. The van der Waals surface area contributed by atoms with E-state index in [1.54, 1.807) is 6.34 Å². The molecule has 6 nitrogen and oxygen atoms in total. The van der Waals surface area contributed by atoms with Crippen molar-refractivity contribution in [2.75, 3.05) is 13.1 Å². The van der Waals surface area contributed by atoms with E-state index < -0.39 is 11.9 Å². The lowest BCUT2D eigenvalue weighted by Crippen LogP contribution is -2.36. The molecule has 0 spiro atoms. The fourth-order valence-corrected chi connectivity index (χ4v) is 3.59. The van der Waals surface area contributed by atoms with Gasteiger partial charge in [-0.3, -0.25) is 4.90 Å². The lowest BCUT2D eigenvalue weighted by atomic mass is 9.91. The standard InChI is InChI=1S/C18H20F3N5O/c19-18(20,21)14-2-1-12(27-14)9-26-7-4-11(5-8-26)15(22)16-13-3-6-23-17(13)25-10-24-16/h1-3,6,10-11,23H,4-5,7-9,22H2,(H,24,25)/b16-15-. The van der Waals surface area contributed by atoms with E-state index in [-0.39, 0.29) is 5.92 Å². The van der Waals surface area contributed by atoms with Crippen LogP contribution in [0.4, 0.5) is 19.0 Å². The van der Waals surface area contributed by atoms with Gasteiger partial charge in [-0.05, 0) is 44.1 Å². The summed E-state index contributed by atoms with van der Waals surface area (Å²) in [6.45, 7) is 1.86. The van der Waals surface area contributed by atoms with Crippen molar-refractivity contribution in [2.45, 2.75) is 25.6 Å². The maximum atomic E-state index is 12.6. The van der Waals surface area contributed by atoms with E-state index >= 15 is 0 Å². The van der Waals surface area contributed by atoms with Crippen molar-refractivity contribution in [2.24, 2.45) is 16.6 Å². The van der Waals surface area contributed by atoms with Crippen molar-refractivity contribution in [1.82, 2.24) is 15.2 Å². The van der Waals surface area contributed by atoms with E-state index in [2.05, 4.69) is 20.2 Å². The van der Waals surface area contributed by atoms with Crippen LogP contribution in [-0.2, 0) is 12.7 Å². The number of furan rings is 1. The lowest BCUT2D eigenvalue weighted by Gasteiger charge is -2.32. The molecule has 0 aliphatic carbocycles. The van der Waals surface area contributed by atoms with Crippen LogP contribution in [0.2, 0.25) is 0 Å². The quantitative estimate of drug-likeness (QED) is 0.763. The molecule has 4 heterocycles. The molecule has 0 bridgehead atoms. The first kappa shape index (κ1) is 17.7. The Morgan fingerprint density at radius 2 is 2.04 bits per heavy atom. The van der Waals surface area contributed by atoms with Gasteiger partial charge in [-0.15, -0.1) is 0 Å². The zero-order valence-electron chi connectivity index (χ0n) is 14.5. The summed E-state index contributed by atoms with van der Waals surface area (Å²) in [7, 11) is 0. The smallest absolute Gasteiger partial charge is 0.449 e. The third-order valence-corrected chi connectivity index (χ3v) is 5.03. The van der Waals surface area contributed by atoms with Gasteiger partial charge in [0.05, 0.1) is 18.6 Å². The highest BCUT2D eigenvalue weighted by molar-refractivity contribution is 5.87.